The van der Waals surface area contributed by atoms with Gasteiger partial charge < -0.3 is 5.32 Å². The summed E-state index contributed by atoms with van der Waals surface area (Å²) in [6.45, 7) is 1.89. The van der Waals surface area contributed by atoms with E-state index in [-0.39, 0.29) is 5.91 Å². The highest BCUT2D eigenvalue weighted by atomic mass is 32.2. The largest absolute Gasteiger partial charge is 0.310 e. The van der Waals surface area contributed by atoms with E-state index in [9.17, 15) is 4.79 Å². The number of carbonyl (C=O) groups is 1. The third-order valence-corrected chi connectivity index (χ3v) is 3.97. The van der Waals surface area contributed by atoms with E-state index in [4.69, 9.17) is 0 Å². The highest BCUT2D eigenvalue weighted by Gasteiger charge is 2.10. The van der Waals surface area contributed by atoms with Crippen LogP contribution in [0.2, 0.25) is 0 Å². The minimum Gasteiger partial charge on any atom is -0.310 e. The highest BCUT2D eigenvalue weighted by Crippen LogP contribution is 2.18. The average molecular weight is 301 g/mol. The molecule has 1 N–H and O–H groups in total. The monoisotopic (exact) mass is 301 g/mol. The van der Waals surface area contributed by atoms with Crippen LogP contribution in [0.5, 0.6) is 0 Å². The van der Waals surface area contributed by atoms with Crippen LogP contribution in [-0.2, 0) is 11.8 Å². The first-order valence-corrected chi connectivity index (χ1v) is 7.47. The van der Waals surface area contributed by atoms with Gasteiger partial charge in [0.25, 0.3) is 0 Å². The van der Waals surface area contributed by atoms with E-state index in [2.05, 4.69) is 15.4 Å². The van der Waals surface area contributed by atoms with Gasteiger partial charge in [-0.25, -0.2) is 4.98 Å². The predicted molar refractivity (Wildman–Crippen MR) is 82.5 cm³/mol. The summed E-state index contributed by atoms with van der Waals surface area (Å²) in [5.74, 6) is 0.930. The first kappa shape index (κ1) is 13.7. The van der Waals surface area contributed by atoms with Crippen molar-refractivity contribution in [3.63, 3.8) is 0 Å². The van der Waals surface area contributed by atoms with E-state index >= 15 is 0 Å². The average Bonchev–Trinajstić information content (AvgIpc) is 3.00. The lowest BCUT2D eigenvalue weighted by Gasteiger charge is -2.04. The summed E-state index contributed by atoms with van der Waals surface area (Å²) in [5, 5.41) is 7.85. The fourth-order valence-corrected chi connectivity index (χ4v) is 2.83. The Balaban J connectivity index is 1.65. The molecule has 3 aromatic heterocycles. The Morgan fingerprint density at radius 1 is 1.43 bits per heavy atom. The van der Waals surface area contributed by atoms with Crippen molar-refractivity contribution in [1.29, 1.82) is 0 Å². The van der Waals surface area contributed by atoms with Crippen LogP contribution in [-0.4, -0.2) is 30.8 Å². The Morgan fingerprint density at radius 3 is 3.05 bits per heavy atom. The van der Waals surface area contributed by atoms with Gasteiger partial charge in [-0.05, 0) is 19.1 Å². The minimum atomic E-state index is -0.0734. The molecule has 3 rings (SSSR count). The van der Waals surface area contributed by atoms with Crippen LogP contribution < -0.4 is 5.32 Å². The lowest BCUT2D eigenvalue weighted by Crippen LogP contribution is -2.16. The van der Waals surface area contributed by atoms with E-state index in [0.717, 1.165) is 16.4 Å². The SMILES string of the molecule is Cc1cc(NC(=O)CSc2ncc3ccccn23)n(C)n1. The molecule has 7 heteroatoms. The van der Waals surface area contributed by atoms with Gasteiger partial charge in [0.1, 0.15) is 5.82 Å². The number of fused-ring (bicyclic) bond motifs is 1. The molecule has 0 atom stereocenters. The number of nitrogens with one attached hydrogen (secondary N) is 1. The van der Waals surface area contributed by atoms with Gasteiger partial charge in [0.05, 0.1) is 23.2 Å². The highest BCUT2D eigenvalue weighted by molar-refractivity contribution is 7.99. The summed E-state index contributed by atoms with van der Waals surface area (Å²) in [6, 6.07) is 7.73. The van der Waals surface area contributed by atoms with Crippen LogP contribution in [0.1, 0.15) is 5.69 Å². The van der Waals surface area contributed by atoms with Gasteiger partial charge in [0.2, 0.25) is 5.91 Å². The molecule has 0 saturated heterocycles. The van der Waals surface area contributed by atoms with Crippen molar-refractivity contribution in [3.05, 3.63) is 42.4 Å². The number of hydrogen-bond acceptors (Lipinski definition) is 4. The molecule has 0 unspecified atom stereocenters. The summed E-state index contributed by atoms with van der Waals surface area (Å²) in [7, 11) is 1.80. The summed E-state index contributed by atoms with van der Waals surface area (Å²) in [4.78, 5) is 16.3. The molecule has 21 heavy (non-hydrogen) atoms. The van der Waals surface area contributed by atoms with E-state index in [0.29, 0.717) is 11.6 Å². The van der Waals surface area contributed by atoms with Crippen LogP contribution >= 0.6 is 11.8 Å². The number of pyridine rings is 1. The van der Waals surface area contributed by atoms with Crippen molar-refractivity contribution in [1.82, 2.24) is 19.2 Å². The lowest BCUT2D eigenvalue weighted by molar-refractivity contribution is -0.113. The molecule has 0 aliphatic rings. The number of aryl methyl sites for hydroxylation is 2. The van der Waals surface area contributed by atoms with Gasteiger partial charge in [-0.2, -0.15) is 5.10 Å². The van der Waals surface area contributed by atoms with Gasteiger partial charge in [0, 0.05) is 19.3 Å². The first-order valence-electron chi connectivity index (χ1n) is 6.49. The summed E-state index contributed by atoms with van der Waals surface area (Å²) in [5.41, 5.74) is 1.89. The number of amides is 1. The molecule has 6 nitrogen and oxygen atoms in total. The molecule has 108 valence electrons. The number of aromatic nitrogens is 4. The molecule has 0 radical (unpaired) electrons. The van der Waals surface area contributed by atoms with E-state index in [1.165, 1.54) is 11.8 Å². The Morgan fingerprint density at radius 2 is 2.29 bits per heavy atom. The molecule has 0 aliphatic heterocycles. The van der Waals surface area contributed by atoms with Gasteiger partial charge in [-0.3, -0.25) is 13.9 Å². The van der Waals surface area contributed by atoms with Crippen LogP contribution in [0, 0.1) is 6.92 Å². The molecule has 3 aromatic rings. The summed E-state index contributed by atoms with van der Waals surface area (Å²) < 4.78 is 3.62. The number of nitrogens with zero attached hydrogens (tertiary/aromatic N) is 4. The van der Waals surface area contributed by atoms with Gasteiger partial charge >= 0.3 is 0 Å². The summed E-state index contributed by atoms with van der Waals surface area (Å²) in [6.07, 6.45) is 3.73. The number of rotatable bonds is 4. The van der Waals surface area contributed by atoms with Crippen LogP contribution in [0.3, 0.4) is 0 Å². The molecule has 1 amide bonds. The van der Waals surface area contributed by atoms with Crippen LogP contribution in [0.25, 0.3) is 5.52 Å². The van der Waals surface area contributed by atoms with E-state index in [1.54, 1.807) is 17.9 Å². The van der Waals surface area contributed by atoms with Crippen molar-refractivity contribution in [2.75, 3.05) is 11.1 Å². The zero-order valence-electron chi connectivity index (χ0n) is 11.8. The maximum atomic E-state index is 12.0. The molecule has 0 spiro atoms. The Kier molecular flexibility index (Phi) is 3.66. The zero-order chi connectivity index (χ0) is 14.8. The topological polar surface area (TPSA) is 64.2 Å². The van der Waals surface area contributed by atoms with Crippen LogP contribution in [0.4, 0.5) is 5.82 Å². The quantitative estimate of drug-likeness (QED) is 0.750. The lowest BCUT2D eigenvalue weighted by atomic mass is 10.4. The normalized spacial score (nSPS) is 11.0. The molecule has 0 aliphatic carbocycles. The maximum Gasteiger partial charge on any atom is 0.235 e. The van der Waals surface area contributed by atoms with Crippen molar-refractivity contribution < 1.29 is 4.79 Å². The van der Waals surface area contributed by atoms with Gasteiger partial charge in [-0.1, -0.05) is 17.8 Å². The van der Waals surface area contributed by atoms with E-state index in [1.807, 2.05) is 41.8 Å². The number of hydrogen-bond donors (Lipinski definition) is 1. The van der Waals surface area contributed by atoms with Crippen molar-refractivity contribution in [2.24, 2.45) is 7.05 Å². The summed E-state index contributed by atoms with van der Waals surface area (Å²) >= 11 is 1.41. The molecular formula is C14H15N5OS. The first-order chi connectivity index (χ1) is 10.1. The van der Waals surface area contributed by atoms with Crippen molar-refractivity contribution >= 4 is 29.0 Å². The fraction of sp³-hybridized carbons (Fsp3) is 0.214. The number of carbonyl (C=O) groups excluding carboxylic acids is 1. The maximum absolute atomic E-state index is 12.0. The second kappa shape index (κ2) is 5.61. The molecular weight excluding hydrogens is 286 g/mol. The minimum absolute atomic E-state index is 0.0734. The predicted octanol–water partition coefficient (Wildman–Crippen LogP) is 2.11. The smallest absolute Gasteiger partial charge is 0.235 e. The number of thioether (sulfide) groups is 1. The Hall–Kier alpha value is -2.28. The zero-order valence-corrected chi connectivity index (χ0v) is 12.6. The second-order valence-electron chi connectivity index (χ2n) is 4.67. The fourth-order valence-electron chi connectivity index (χ4n) is 2.06. The molecule has 0 saturated carbocycles. The standard InChI is InChI=1S/C14H15N5OS/c1-10-7-12(18(2)17-10)16-13(20)9-21-14-15-8-11-5-3-4-6-19(11)14/h3-8H,9H2,1-2H3,(H,16,20). The Bertz CT molecular complexity index is 792. The number of anilines is 1. The van der Waals surface area contributed by atoms with Gasteiger partial charge in [0.15, 0.2) is 5.16 Å². The molecule has 0 aromatic carbocycles. The molecule has 0 fully saturated rings. The Labute approximate surface area is 126 Å². The second-order valence-corrected chi connectivity index (χ2v) is 5.61. The third kappa shape index (κ3) is 2.92. The van der Waals surface area contributed by atoms with Crippen molar-refractivity contribution in [2.45, 2.75) is 12.1 Å². The van der Waals surface area contributed by atoms with Crippen molar-refractivity contribution in [3.8, 4) is 0 Å². The molecule has 3 heterocycles. The van der Waals surface area contributed by atoms with Gasteiger partial charge in [-0.15, -0.1) is 0 Å². The van der Waals surface area contributed by atoms with E-state index < -0.39 is 0 Å². The third-order valence-electron chi connectivity index (χ3n) is 3.01. The van der Waals surface area contributed by atoms with Crippen LogP contribution in [0.15, 0.2) is 41.8 Å². The number of imidazole rings is 1. The molecule has 0 bridgehead atoms.